The summed E-state index contributed by atoms with van der Waals surface area (Å²) in [7, 11) is 0. The molecule has 1 aromatic carbocycles. The maximum absolute atomic E-state index is 11.7. The number of rotatable bonds is 16. The molecule has 176 valence electrons. The number of carboxylic acid groups (broad SMARTS) is 3. The molecule has 0 radical (unpaired) electrons. The van der Waals surface area contributed by atoms with Crippen LogP contribution in [0.5, 0.6) is 0 Å². The maximum Gasteiger partial charge on any atom is 0.407 e. The average Bonchev–Trinajstić information content (AvgIpc) is 2.74. The molecule has 0 aliphatic rings. The van der Waals surface area contributed by atoms with Gasteiger partial charge in [-0.2, -0.15) is 0 Å². The van der Waals surface area contributed by atoms with E-state index < -0.39 is 36.1 Å². The molecule has 1 unspecified atom stereocenters. The Labute approximate surface area is 185 Å². The Hall–Kier alpha value is -3.76. The van der Waals surface area contributed by atoms with Crippen molar-refractivity contribution in [1.82, 2.24) is 16.0 Å². The summed E-state index contributed by atoms with van der Waals surface area (Å²) in [6.45, 7) is 4.02. The summed E-state index contributed by atoms with van der Waals surface area (Å²) in [6, 6.07) is 6.95. The standard InChI is InChI=1S/C21H29N3O8/c1-14(24-17(20(29)30)10-11-18(25)26)23-16(19(27)28)9-5-6-12-22-21(31)32-13-15-7-3-2-4-8-15/h2-4,7-8,16-17,23-24H,1,5-6,9-13H2,(H,22,31)(H,25,26)(H,27,28)(H,29,30)/t16?,17-/m0/s1. The van der Waals surface area contributed by atoms with Gasteiger partial charge in [0.2, 0.25) is 0 Å². The predicted molar refractivity (Wildman–Crippen MR) is 114 cm³/mol. The number of amides is 1. The van der Waals surface area contributed by atoms with E-state index in [1.54, 1.807) is 0 Å². The second-order valence-electron chi connectivity index (χ2n) is 6.97. The maximum atomic E-state index is 11.7. The van der Waals surface area contributed by atoms with Crippen LogP contribution >= 0.6 is 0 Å². The molecule has 1 rings (SSSR count). The number of hydrogen-bond acceptors (Lipinski definition) is 7. The molecular formula is C21H29N3O8. The molecular weight excluding hydrogens is 422 g/mol. The van der Waals surface area contributed by atoms with Gasteiger partial charge in [-0.05, 0) is 31.2 Å². The fourth-order valence-electron chi connectivity index (χ4n) is 2.68. The summed E-state index contributed by atoms with van der Waals surface area (Å²) in [5.74, 6) is -3.60. The van der Waals surface area contributed by atoms with Gasteiger partial charge in [-0.25, -0.2) is 14.4 Å². The molecule has 32 heavy (non-hydrogen) atoms. The highest BCUT2D eigenvalue weighted by Crippen LogP contribution is 2.05. The van der Waals surface area contributed by atoms with Gasteiger partial charge in [0.15, 0.2) is 0 Å². The van der Waals surface area contributed by atoms with Gasteiger partial charge in [-0.15, -0.1) is 0 Å². The number of carbonyl (C=O) groups excluding carboxylic acids is 1. The first-order valence-electron chi connectivity index (χ1n) is 10.0. The first kappa shape index (κ1) is 26.3. The largest absolute Gasteiger partial charge is 0.481 e. The van der Waals surface area contributed by atoms with E-state index in [2.05, 4.69) is 22.5 Å². The van der Waals surface area contributed by atoms with Crippen LogP contribution in [0.3, 0.4) is 0 Å². The number of unbranched alkanes of at least 4 members (excludes halogenated alkanes) is 1. The Kier molecular flexibility index (Phi) is 11.7. The molecule has 0 aromatic heterocycles. The zero-order valence-electron chi connectivity index (χ0n) is 17.6. The van der Waals surface area contributed by atoms with E-state index in [0.29, 0.717) is 19.4 Å². The van der Waals surface area contributed by atoms with E-state index in [1.165, 1.54) is 0 Å². The van der Waals surface area contributed by atoms with Crippen LogP contribution in [-0.2, 0) is 25.7 Å². The molecule has 1 amide bonds. The van der Waals surface area contributed by atoms with Crippen LogP contribution in [0.2, 0.25) is 0 Å². The third kappa shape index (κ3) is 11.4. The van der Waals surface area contributed by atoms with Crippen LogP contribution in [0.1, 0.15) is 37.7 Å². The summed E-state index contributed by atoms with van der Waals surface area (Å²) in [6.07, 6.45) is 0.0410. The number of aliphatic carboxylic acids is 3. The van der Waals surface area contributed by atoms with Crippen molar-refractivity contribution in [2.45, 2.75) is 50.8 Å². The van der Waals surface area contributed by atoms with Gasteiger partial charge in [-0.3, -0.25) is 4.79 Å². The lowest BCUT2D eigenvalue weighted by atomic mass is 10.1. The molecule has 11 nitrogen and oxygen atoms in total. The number of alkyl carbamates (subject to hydrolysis) is 1. The highest BCUT2D eigenvalue weighted by Gasteiger charge is 2.22. The Balaban J connectivity index is 2.31. The van der Waals surface area contributed by atoms with Gasteiger partial charge in [0.1, 0.15) is 18.7 Å². The van der Waals surface area contributed by atoms with Gasteiger partial charge in [-0.1, -0.05) is 36.9 Å². The lowest BCUT2D eigenvalue weighted by molar-refractivity contribution is -0.140. The Morgan fingerprint density at radius 2 is 1.50 bits per heavy atom. The third-order valence-electron chi connectivity index (χ3n) is 4.34. The van der Waals surface area contributed by atoms with E-state index in [4.69, 9.17) is 14.9 Å². The first-order valence-corrected chi connectivity index (χ1v) is 10.0. The van der Waals surface area contributed by atoms with Crippen molar-refractivity contribution in [2.24, 2.45) is 0 Å². The number of carboxylic acids is 3. The van der Waals surface area contributed by atoms with Gasteiger partial charge in [0, 0.05) is 13.0 Å². The van der Waals surface area contributed by atoms with Crippen molar-refractivity contribution in [3.8, 4) is 0 Å². The SMILES string of the molecule is C=C(NC(CCCCNC(=O)OCc1ccccc1)C(=O)O)N[C@@H](CCC(=O)O)C(=O)O. The Morgan fingerprint density at radius 3 is 2.06 bits per heavy atom. The minimum absolute atomic E-state index is 0.0298. The van der Waals surface area contributed by atoms with Gasteiger partial charge in [0.05, 0.1) is 5.82 Å². The second-order valence-corrected chi connectivity index (χ2v) is 6.97. The van der Waals surface area contributed by atoms with E-state index >= 15 is 0 Å². The molecule has 2 atom stereocenters. The van der Waals surface area contributed by atoms with Crippen molar-refractivity contribution in [1.29, 1.82) is 0 Å². The van der Waals surface area contributed by atoms with Crippen LogP contribution in [0.4, 0.5) is 4.79 Å². The van der Waals surface area contributed by atoms with Crippen LogP contribution in [0.25, 0.3) is 0 Å². The van der Waals surface area contributed by atoms with Crippen LogP contribution in [0, 0.1) is 0 Å². The fourth-order valence-corrected chi connectivity index (χ4v) is 2.68. The molecule has 0 saturated carbocycles. The van der Waals surface area contributed by atoms with E-state index in [9.17, 15) is 24.3 Å². The lowest BCUT2D eigenvalue weighted by Gasteiger charge is -2.22. The molecule has 0 aliphatic carbocycles. The molecule has 0 bridgehead atoms. The van der Waals surface area contributed by atoms with Gasteiger partial charge in [0.25, 0.3) is 0 Å². The zero-order chi connectivity index (χ0) is 23.9. The molecule has 0 spiro atoms. The number of benzene rings is 1. The van der Waals surface area contributed by atoms with Crippen LogP contribution in [-0.4, -0.2) is 57.9 Å². The molecule has 0 aliphatic heterocycles. The van der Waals surface area contributed by atoms with Crippen LogP contribution < -0.4 is 16.0 Å². The molecule has 11 heteroatoms. The number of hydrogen-bond donors (Lipinski definition) is 6. The van der Waals surface area contributed by atoms with Crippen molar-refractivity contribution >= 4 is 24.0 Å². The first-order chi connectivity index (χ1) is 15.2. The summed E-state index contributed by atoms with van der Waals surface area (Å²) in [4.78, 5) is 45.0. The normalized spacial score (nSPS) is 12.1. The number of ether oxygens (including phenoxy) is 1. The molecule has 6 N–H and O–H groups in total. The molecule has 0 fully saturated rings. The number of nitrogens with one attached hydrogen (secondary N) is 3. The summed E-state index contributed by atoms with van der Waals surface area (Å²) in [5, 5.41) is 34.9. The third-order valence-corrected chi connectivity index (χ3v) is 4.34. The smallest absolute Gasteiger partial charge is 0.407 e. The molecule has 1 aromatic rings. The second kappa shape index (κ2) is 14.3. The average molecular weight is 451 g/mol. The predicted octanol–water partition coefficient (Wildman–Crippen LogP) is 1.50. The lowest BCUT2D eigenvalue weighted by Crippen LogP contribution is -2.45. The summed E-state index contributed by atoms with van der Waals surface area (Å²) >= 11 is 0. The Morgan fingerprint density at radius 1 is 0.906 bits per heavy atom. The van der Waals surface area contributed by atoms with Crippen molar-refractivity contribution in [3.63, 3.8) is 0 Å². The highest BCUT2D eigenvalue weighted by molar-refractivity contribution is 5.76. The van der Waals surface area contributed by atoms with E-state index in [-0.39, 0.29) is 31.7 Å². The van der Waals surface area contributed by atoms with Crippen molar-refractivity contribution in [3.05, 3.63) is 48.3 Å². The van der Waals surface area contributed by atoms with Crippen molar-refractivity contribution in [2.75, 3.05) is 6.54 Å². The quantitative estimate of drug-likeness (QED) is 0.202. The van der Waals surface area contributed by atoms with Crippen molar-refractivity contribution < 1.29 is 39.2 Å². The van der Waals surface area contributed by atoms with Crippen LogP contribution in [0.15, 0.2) is 42.7 Å². The molecule has 0 saturated heterocycles. The summed E-state index contributed by atoms with van der Waals surface area (Å²) < 4.78 is 5.08. The molecule has 0 heterocycles. The Bertz CT molecular complexity index is 785. The van der Waals surface area contributed by atoms with Gasteiger partial charge < -0.3 is 36.0 Å². The summed E-state index contributed by atoms with van der Waals surface area (Å²) in [5.41, 5.74) is 0.861. The highest BCUT2D eigenvalue weighted by atomic mass is 16.5. The fraction of sp³-hybridized carbons (Fsp3) is 0.429. The minimum atomic E-state index is -1.27. The van der Waals surface area contributed by atoms with Gasteiger partial charge >= 0.3 is 24.0 Å². The zero-order valence-corrected chi connectivity index (χ0v) is 17.6. The number of carbonyl (C=O) groups is 4. The van der Waals surface area contributed by atoms with E-state index in [0.717, 1.165) is 5.56 Å². The topological polar surface area (TPSA) is 174 Å². The monoisotopic (exact) mass is 451 g/mol. The minimum Gasteiger partial charge on any atom is -0.481 e. The van der Waals surface area contributed by atoms with E-state index in [1.807, 2.05) is 30.3 Å².